The first-order valence-corrected chi connectivity index (χ1v) is 33.6. The zero-order valence-corrected chi connectivity index (χ0v) is 56.6. The van der Waals surface area contributed by atoms with Gasteiger partial charge in [0.2, 0.25) is 0 Å². The lowest BCUT2D eigenvalue weighted by atomic mass is 10.1. The molecule has 0 bridgehead atoms. The van der Waals surface area contributed by atoms with Gasteiger partial charge in [0.25, 0.3) is 0 Å². The first-order chi connectivity index (χ1) is 45.9. The third-order valence-corrected chi connectivity index (χ3v) is 19.4. The predicted molar refractivity (Wildman–Crippen MR) is 396 cm³/mol. The van der Waals surface area contributed by atoms with Crippen LogP contribution in [0.3, 0.4) is 0 Å². The Bertz CT molecular complexity index is 4460. The molecule has 9 aromatic heterocycles. The van der Waals surface area contributed by atoms with Crippen molar-refractivity contribution in [3.05, 3.63) is 178 Å². The van der Waals surface area contributed by atoms with Crippen LogP contribution < -0.4 is 0 Å². The Kier molecular flexibility index (Phi) is 23.9. The van der Waals surface area contributed by atoms with Crippen LogP contribution in [-0.2, 0) is 26.1 Å². The van der Waals surface area contributed by atoms with Crippen molar-refractivity contribution in [2.45, 2.75) is 69.1 Å². The van der Waals surface area contributed by atoms with Gasteiger partial charge >= 0.3 is 0 Å². The van der Waals surface area contributed by atoms with Gasteiger partial charge in [0, 0.05) is 151 Å². The minimum absolute atomic E-state index is 0. The lowest BCUT2D eigenvalue weighted by molar-refractivity contribution is 0.149. The molecule has 15 rings (SSSR count). The van der Waals surface area contributed by atoms with Gasteiger partial charge in [-0.2, -0.15) is 15.3 Å². The minimum atomic E-state index is 0. The minimum Gasteiger partial charge on any atom is -0.306 e. The number of hydrogen-bond acceptors (Lipinski definition) is 15. The monoisotopic (exact) mass is 1370 g/mol. The molecule has 0 saturated carbocycles. The van der Waals surface area contributed by atoms with E-state index in [1.54, 1.807) is 0 Å². The van der Waals surface area contributed by atoms with Crippen molar-refractivity contribution in [1.29, 1.82) is 0 Å². The van der Waals surface area contributed by atoms with Crippen LogP contribution in [0.1, 0.15) is 46.3 Å². The number of hydrogen-bond donors (Lipinski definition) is 0. The molecule has 3 aromatic carbocycles. The van der Waals surface area contributed by atoms with Crippen molar-refractivity contribution >= 4 is 67.9 Å². The Hall–Kier alpha value is -8.22. The smallest absolute Gasteiger partial charge is 0.182 e. The summed E-state index contributed by atoms with van der Waals surface area (Å²) in [7, 11) is 6.52. The Morgan fingerprint density at radius 2 is 0.701 bits per heavy atom. The molecule has 3 saturated heterocycles. The molecule has 0 radical (unpaired) electrons. The highest BCUT2D eigenvalue weighted by Gasteiger charge is 2.27. The topological polar surface area (TPSA) is 165 Å². The molecular weight excluding hydrogens is 1280 g/mol. The second-order valence-corrected chi connectivity index (χ2v) is 25.8. The summed E-state index contributed by atoms with van der Waals surface area (Å²) in [4.78, 5) is 14.5. The summed E-state index contributed by atoms with van der Waals surface area (Å²) in [5, 5.41) is 46.4. The third-order valence-electron chi connectivity index (χ3n) is 18.3. The number of fused-ring (bicyclic) bond motifs is 3. The highest BCUT2D eigenvalue weighted by molar-refractivity contribution is 6.39. The molecule has 0 amide bonds. The largest absolute Gasteiger partial charge is 0.306 e. The van der Waals surface area contributed by atoms with Crippen LogP contribution in [0, 0.1) is 13.8 Å². The van der Waals surface area contributed by atoms with E-state index in [1.807, 2.05) is 133 Å². The van der Waals surface area contributed by atoms with E-state index in [4.69, 9.17) is 50.1 Å². The fourth-order valence-electron chi connectivity index (χ4n) is 12.7. The molecule has 12 aromatic rings. The van der Waals surface area contributed by atoms with E-state index in [0.717, 1.165) is 208 Å². The SMILES string of the molecule is C.C.C.CCc1cccn1-c1nnc2c(c(-c3ccccc3)nn2CCN2CCN(C)CC2)c1Cl.CN1CCN(CCn2nc(-c3ccccc3)c3c(Cl)c(-n4cccc4)nnc32)CC1.Cc1ccc(C)n1-c1nnc2c(c(-c3ccccc3)nn2CCN2CCN(C)CC2)c1Cl. The second-order valence-electron chi connectivity index (χ2n) is 24.6. The third kappa shape index (κ3) is 15.6. The van der Waals surface area contributed by atoms with Gasteiger partial charge in [-0.15, -0.1) is 30.6 Å². The number of rotatable bonds is 16. The van der Waals surface area contributed by atoms with Crippen LogP contribution >= 0.6 is 34.8 Å². The molecular formula is C73H92Cl3N21. The van der Waals surface area contributed by atoms with Gasteiger partial charge in [-0.05, 0) is 77.8 Å². The second kappa shape index (κ2) is 32.4. The maximum Gasteiger partial charge on any atom is 0.182 e. The van der Waals surface area contributed by atoms with Crippen molar-refractivity contribution in [1.82, 2.24) is 103 Å². The van der Waals surface area contributed by atoms with Crippen molar-refractivity contribution < 1.29 is 0 Å². The zero-order chi connectivity index (χ0) is 64.8. The Labute approximate surface area is 585 Å². The molecule has 3 aliphatic heterocycles. The quantitative estimate of drug-likeness (QED) is 0.0896. The predicted octanol–water partition coefficient (Wildman–Crippen LogP) is 12.6. The number of halogens is 3. The Morgan fingerprint density at radius 3 is 1.07 bits per heavy atom. The normalized spacial score (nSPS) is 15.2. The van der Waals surface area contributed by atoms with E-state index in [0.29, 0.717) is 32.5 Å². The molecule has 21 nitrogen and oxygen atoms in total. The van der Waals surface area contributed by atoms with Crippen molar-refractivity contribution in [2.24, 2.45) is 0 Å². The Morgan fingerprint density at radius 1 is 0.361 bits per heavy atom. The molecule has 510 valence electrons. The molecule has 3 aliphatic rings. The van der Waals surface area contributed by atoms with Crippen LogP contribution in [-0.4, -0.2) is 222 Å². The van der Waals surface area contributed by atoms with Crippen LogP contribution in [0.15, 0.2) is 146 Å². The highest BCUT2D eigenvalue weighted by Crippen LogP contribution is 2.39. The lowest BCUT2D eigenvalue weighted by Gasteiger charge is -2.32. The number of piperazine rings is 3. The van der Waals surface area contributed by atoms with Crippen molar-refractivity contribution in [3.8, 4) is 51.2 Å². The average Bonchev–Trinajstić information content (AvgIpc) is 1.64. The fraction of sp³-hybridized carbons (Fsp3) is 0.384. The van der Waals surface area contributed by atoms with Gasteiger partial charge < -0.3 is 28.4 Å². The summed E-state index contributed by atoms with van der Waals surface area (Å²) in [6, 6.07) is 42.6. The summed E-state index contributed by atoms with van der Waals surface area (Å²) < 4.78 is 11.8. The summed E-state index contributed by atoms with van der Waals surface area (Å²) in [5.41, 5.74) is 11.1. The first kappa shape index (κ1) is 71.5. The van der Waals surface area contributed by atoms with E-state index >= 15 is 0 Å². The van der Waals surface area contributed by atoms with Crippen molar-refractivity contribution in [3.63, 3.8) is 0 Å². The van der Waals surface area contributed by atoms with Crippen LogP contribution in [0.5, 0.6) is 0 Å². The summed E-state index contributed by atoms with van der Waals surface area (Å²) in [6.45, 7) is 24.3. The Balaban J connectivity index is 0.000000156. The number of aromatic nitrogens is 15. The fourth-order valence-corrected chi connectivity index (χ4v) is 13.6. The van der Waals surface area contributed by atoms with E-state index in [2.05, 4.69) is 143 Å². The highest BCUT2D eigenvalue weighted by atomic mass is 35.5. The number of benzene rings is 3. The number of nitrogens with zero attached hydrogens (tertiary/aromatic N) is 21. The molecule has 0 aliphatic carbocycles. The van der Waals surface area contributed by atoms with Gasteiger partial charge in [0.05, 0.1) is 50.9 Å². The van der Waals surface area contributed by atoms with Crippen LogP contribution in [0.4, 0.5) is 0 Å². The van der Waals surface area contributed by atoms with Crippen molar-refractivity contribution in [2.75, 3.05) is 119 Å². The lowest BCUT2D eigenvalue weighted by Crippen LogP contribution is -2.45. The maximum absolute atomic E-state index is 7.02. The molecule has 97 heavy (non-hydrogen) atoms. The molecule has 0 spiro atoms. The number of aryl methyl sites for hydroxylation is 3. The maximum atomic E-state index is 7.02. The summed E-state index contributed by atoms with van der Waals surface area (Å²) >= 11 is 20.9. The molecule has 0 N–H and O–H groups in total. The standard InChI is InChI=1S/2C24H28ClN7.C22H24ClN7.3CH4/c1-17-9-10-18(2)32(17)24-21(25)20-22(19-7-5-4-6-8-19)28-31(23(20)26-27-24)16-15-30-13-11-29(3)12-14-30;1-3-19-10-7-11-31(19)24-21(25)20-22(18-8-5-4-6-9-18)28-32(23(20)26-27-24)17-16-30-14-12-29(2)13-15-30;1-27-11-13-28(14-12-27)15-16-30-21-18(20(26-30)17-7-3-2-4-8-17)19(23)22(25-24-21)29-9-5-6-10-29;;;/h4-10H,11-16H2,1-3H3;4-11H,3,12-17H2,1-2H3;2-10H,11-16H2,1H3;3*1H4. The summed E-state index contributed by atoms with van der Waals surface area (Å²) in [6.07, 6.45) is 6.71. The van der Waals surface area contributed by atoms with Crippen LogP contribution in [0.25, 0.3) is 84.3 Å². The zero-order valence-electron chi connectivity index (χ0n) is 54.3. The van der Waals surface area contributed by atoms with E-state index in [9.17, 15) is 0 Å². The number of likely N-dealkylation sites (N-methyl/N-ethyl adjacent to an activating group) is 3. The first-order valence-electron chi connectivity index (χ1n) is 32.5. The average molecular weight is 1370 g/mol. The van der Waals surface area contributed by atoms with Gasteiger partial charge in [-0.3, -0.25) is 14.7 Å². The molecule has 0 atom stereocenters. The van der Waals surface area contributed by atoms with Gasteiger partial charge in [0.1, 0.15) is 17.1 Å². The van der Waals surface area contributed by atoms with E-state index < -0.39 is 0 Å². The molecule has 0 unspecified atom stereocenters. The van der Waals surface area contributed by atoms with E-state index in [1.165, 1.54) is 0 Å². The van der Waals surface area contributed by atoms with Crippen LogP contribution in [0.2, 0.25) is 15.1 Å². The summed E-state index contributed by atoms with van der Waals surface area (Å²) in [5.74, 6) is 1.91. The molecule has 3 fully saturated rings. The van der Waals surface area contributed by atoms with E-state index in [-0.39, 0.29) is 22.3 Å². The molecule has 24 heteroatoms. The molecule has 12 heterocycles. The van der Waals surface area contributed by atoms with Gasteiger partial charge in [-0.25, -0.2) is 14.0 Å². The van der Waals surface area contributed by atoms with Gasteiger partial charge in [0.15, 0.2) is 34.4 Å². The van der Waals surface area contributed by atoms with Gasteiger partial charge in [-0.1, -0.05) is 155 Å².